The van der Waals surface area contributed by atoms with Crippen LogP contribution in [-0.2, 0) is 14.4 Å². The fourth-order valence-electron chi connectivity index (χ4n) is 7.92. The maximum Gasteiger partial charge on any atom is 0.251 e. The van der Waals surface area contributed by atoms with E-state index in [9.17, 15) is 19.5 Å². The number of aliphatic hydroxyl groups is 1. The van der Waals surface area contributed by atoms with E-state index in [1.54, 1.807) is 38.6 Å². The van der Waals surface area contributed by atoms with Crippen molar-refractivity contribution in [2.45, 2.75) is 55.2 Å². The number of thioether (sulfide) groups is 1. The lowest BCUT2D eigenvalue weighted by atomic mass is 9.70. The fraction of sp³-hybridized carbons (Fsp3) is 0.395. The highest BCUT2D eigenvalue weighted by atomic mass is 32.2. The standard InChI is InChI=1S/C38H43N3O5S/c1-5-21-39(28-15-17-30(18-16-28)46-8-4)35(43)32-31-19-20-38(47-31)33(32)36(44)41(27(7-3)24-42)34(38)37(45)40(22-6-2)29-14-13-25-11-9-10-12-26(25)23-29/h5-6,9-18,23,27,31-34,42H,1-2,7-8,19-22,24H2,3-4H3/t27-,31-,32+,33-,34?,38?/m0/s1. The topological polar surface area (TPSA) is 90.4 Å². The molecule has 3 fully saturated rings. The predicted molar refractivity (Wildman–Crippen MR) is 189 cm³/mol. The summed E-state index contributed by atoms with van der Waals surface area (Å²) >= 11 is 1.63. The summed E-state index contributed by atoms with van der Waals surface area (Å²) in [4.78, 5) is 49.3. The molecule has 2 unspecified atom stereocenters. The summed E-state index contributed by atoms with van der Waals surface area (Å²) in [5, 5.41) is 12.5. The van der Waals surface area contributed by atoms with Crippen LogP contribution in [0.1, 0.15) is 33.1 Å². The van der Waals surface area contributed by atoms with Crippen LogP contribution >= 0.6 is 11.8 Å². The molecule has 6 atom stereocenters. The molecule has 1 spiro atoms. The number of hydrogen-bond donors (Lipinski definition) is 1. The molecule has 0 aromatic heterocycles. The summed E-state index contributed by atoms with van der Waals surface area (Å²) in [5.74, 6) is -1.17. The summed E-state index contributed by atoms with van der Waals surface area (Å²) in [5.41, 5.74) is 1.42. The Balaban J connectivity index is 1.40. The van der Waals surface area contributed by atoms with E-state index in [0.717, 1.165) is 22.9 Å². The SMILES string of the molecule is C=CCN(C(=O)C1N([C@@H](CC)CO)C(=O)[C@@H]2[C@H](C(=O)N(CC=C)c3ccc(OCC)cc3)[C@@H]3CCC12S3)c1ccc2ccccc2c1. The molecule has 47 heavy (non-hydrogen) atoms. The van der Waals surface area contributed by atoms with Crippen LogP contribution in [0.3, 0.4) is 0 Å². The van der Waals surface area contributed by atoms with Gasteiger partial charge in [0.1, 0.15) is 11.8 Å². The van der Waals surface area contributed by atoms with Crippen LogP contribution in [0.5, 0.6) is 5.75 Å². The van der Waals surface area contributed by atoms with Crippen molar-refractivity contribution in [1.82, 2.24) is 4.90 Å². The number of likely N-dealkylation sites (tertiary alicyclic amines) is 1. The van der Waals surface area contributed by atoms with Gasteiger partial charge in [0.15, 0.2) is 0 Å². The van der Waals surface area contributed by atoms with Gasteiger partial charge in [-0.2, -0.15) is 0 Å². The van der Waals surface area contributed by atoms with Crippen molar-refractivity contribution < 1.29 is 24.2 Å². The molecule has 8 nitrogen and oxygen atoms in total. The van der Waals surface area contributed by atoms with Crippen molar-refractivity contribution in [3.05, 3.63) is 92.0 Å². The molecule has 246 valence electrons. The zero-order valence-electron chi connectivity index (χ0n) is 27.1. The van der Waals surface area contributed by atoms with Crippen LogP contribution in [0.4, 0.5) is 11.4 Å². The average molecular weight is 654 g/mol. The van der Waals surface area contributed by atoms with E-state index in [0.29, 0.717) is 30.9 Å². The number of fused-ring (bicyclic) bond motifs is 2. The van der Waals surface area contributed by atoms with E-state index in [4.69, 9.17) is 4.74 Å². The normalized spacial score (nSPS) is 25.0. The fourth-order valence-corrected chi connectivity index (χ4v) is 10.1. The molecule has 3 saturated heterocycles. The highest BCUT2D eigenvalue weighted by Gasteiger charge is 2.74. The molecule has 3 aliphatic heterocycles. The molecule has 2 bridgehead atoms. The Kier molecular flexibility index (Phi) is 9.48. The van der Waals surface area contributed by atoms with Gasteiger partial charge in [-0.1, -0.05) is 49.4 Å². The van der Waals surface area contributed by atoms with Crippen LogP contribution in [0.25, 0.3) is 10.8 Å². The van der Waals surface area contributed by atoms with Gasteiger partial charge < -0.3 is 24.5 Å². The summed E-state index contributed by atoms with van der Waals surface area (Å²) in [7, 11) is 0. The molecule has 0 aliphatic carbocycles. The molecule has 9 heteroatoms. The highest BCUT2D eigenvalue weighted by molar-refractivity contribution is 8.02. The molecule has 6 rings (SSSR count). The van der Waals surface area contributed by atoms with Gasteiger partial charge in [0.2, 0.25) is 11.8 Å². The Morgan fingerprint density at radius 3 is 2.30 bits per heavy atom. The zero-order chi connectivity index (χ0) is 33.3. The maximum absolute atomic E-state index is 15.0. The number of rotatable bonds is 13. The Hall–Kier alpha value is -4.08. The lowest BCUT2D eigenvalue weighted by Gasteiger charge is -2.39. The summed E-state index contributed by atoms with van der Waals surface area (Å²) in [6.07, 6.45) is 5.23. The first-order valence-corrected chi connectivity index (χ1v) is 17.4. The van der Waals surface area contributed by atoms with Gasteiger partial charge in [-0.3, -0.25) is 14.4 Å². The molecule has 0 saturated carbocycles. The molecule has 1 N–H and O–H groups in total. The van der Waals surface area contributed by atoms with E-state index in [2.05, 4.69) is 13.2 Å². The molecule has 3 aliphatic rings. The first-order chi connectivity index (χ1) is 22.8. The van der Waals surface area contributed by atoms with Crippen molar-refractivity contribution in [2.75, 3.05) is 36.1 Å². The number of amides is 3. The van der Waals surface area contributed by atoms with E-state index in [-0.39, 0.29) is 42.7 Å². The minimum absolute atomic E-state index is 0.105. The first kappa shape index (κ1) is 32.8. The van der Waals surface area contributed by atoms with E-state index < -0.39 is 28.7 Å². The lowest BCUT2D eigenvalue weighted by molar-refractivity contribution is -0.141. The second kappa shape index (κ2) is 13.6. The number of aliphatic hydroxyl groups excluding tert-OH is 1. The smallest absolute Gasteiger partial charge is 0.251 e. The third-order valence-electron chi connectivity index (χ3n) is 9.99. The van der Waals surface area contributed by atoms with Gasteiger partial charge in [-0.05, 0) is 73.4 Å². The monoisotopic (exact) mass is 653 g/mol. The number of hydrogen-bond acceptors (Lipinski definition) is 6. The van der Waals surface area contributed by atoms with Crippen LogP contribution in [0.2, 0.25) is 0 Å². The zero-order valence-corrected chi connectivity index (χ0v) is 27.9. The minimum atomic E-state index is -0.838. The van der Waals surface area contributed by atoms with Crippen molar-refractivity contribution in [2.24, 2.45) is 11.8 Å². The van der Waals surface area contributed by atoms with E-state index in [1.165, 1.54) is 0 Å². The molecule has 3 aromatic carbocycles. The largest absolute Gasteiger partial charge is 0.494 e. The van der Waals surface area contributed by atoms with Crippen molar-refractivity contribution in [3.8, 4) is 5.75 Å². The van der Waals surface area contributed by atoms with Crippen LogP contribution < -0.4 is 14.5 Å². The molecule has 3 aromatic rings. The van der Waals surface area contributed by atoms with Gasteiger partial charge in [0, 0.05) is 29.7 Å². The highest BCUT2D eigenvalue weighted by Crippen LogP contribution is 2.67. The van der Waals surface area contributed by atoms with Gasteiger partial charge >= 0.3 is 0 Å². The quantitative estimate of drug-likeness (QED) is 0.233. The number of carbonyl (C=O) groups is 3. The Morgan fingerprint density at radius 1 is 1.00 bits per heavy atom. The Labute approximate surface area is 281 Å². The summed E-state index contributed by atoms with van der Waals surface area (Å²) in [6.45, 7) is 12.5. The van der Waals surface area contributed by atoms with Gasteiger partial charge in [-0.15, -0.1) is 24.9 Å². The number of nitrogens with zero attached hydrogens (tertiary/aromatic N) is 3. The molecule has 0 radical (unpaired) electrons. The van der Waals surface area contributed by atoms with Crippen molar-refractivity contribution in [3.63, 3.8) is 0 Å². The Morgan fingerprint density at radius 2 is 1.66 bits per heavy atom. The van der Waals surface area contributed by atoms with Gasteiger partial charge in [-0.25, -0.2) is 0 Å². The van der Waals surface area contributed by atoms with Crippen LogP contribution in [0, 0.1) is 11.8 Å². The van der Waals surface area contributed by atoms with Crippen molar-refractivity contribution in [1.29, 1.82) is 0 Å². The third-order valence-corrected chi connectivity index (χ3v) is 11.9. The number of carbonyl (C=O) groups excluding carboxylic acids is 3. The third kappa shape index (κ3) is 5.53. The van der Waals surface area contributed by atoms with E-state index in [1.807, 2.05) is 80.6 Å². The summed E-state index contributed by atoms with van der Waals surface area (Å²) in [6, 6.07) is 19.9. The Bertz CT molecular complexity index is 1670. The van der Waals surface area contributed by atoms with Crippen LogP contribution in [-0.4, -0.2) is 76.1 Å². The van der Waals surface area contributed by atoms with Crippen molar-refractivity contribution >= 4 is 51.6 Å². The number of anilines is 2. The lowest BCUT2D eigenvalue weighted by Crippen LogP contribution is -2.57. The predicted octanol–water partition coefficient (Wildman–Crippen LogP) is 5.84. The molecular formula is C38H43N3O5S. The second-order valence-corrected chi connectivity index (χ2v) is 14.1. The maximum atomic E-state index is 15.0. The molecular weight excluding hydrogens is 611 g/mol. The number of ether oxygens (including phenoxy) is 1. The minimum Gasteiger partial charge on any atom is -0.494 e. The first-order valence-electron chi connectivity index (χ1n) is 16.5. The molecule has 3 heterocycles. The second-order valence-electron chi connectivity index (χ2n) is 12.5. The van der Waals surface area contributed by atoms with Gasteiger partial charge in [0.05, 0.1) is 35.8 Å². The summed E-state index contributed by atoms with van der Waals surface area (Å²) < 4.78 is 4.82. The number of benzene rings is 3. The van der Waals surface area contributed by atoms with Gasteiger partial charge in [0.25, 0.3) is 5.91 Å². The van der Waals surface area contributed by atoms with Crippen LogP contribution in [0.15, 0.2) is 92.0 Å². The van der Waals surface area contributed by atoms with E-state index >= 15 is 0 Å². The average Bonchev–Trinajstić information content (AvgIpc) is 3.74. The molecule has 3 amide bonds.